The lowest BCUT2D eigenvalue weighted by molar-refractivity contribution is -0.122. The number of nitrogens with one attached hydrogen (secondary N) is 2. The molecule has 1 heterocycles. The summed E-state index contributed by atoms with van der Waals surface area (Å²) in [6.07, 6.45) is 8.78. The second-order valence-corrected chi connectivity index (χ2v) is 6.55. The highest BCUT2D eigenvalue weighted by molar-refractivity contribution is 5.85. The molecule has 1 fully saturated rings. The predicted octanol–water partition coefficient (Wildman–Crippen LogP) is 2.23. The summed E-state index contributed by atoms with van der Waals surface area (Å²) in [6.45, 7) is 12.2. The van der Waals surface area contributed by atoms with E-state index in [2.05, 4.69) is 28.7 Å². The maximum atomic E-state index is 12.9. The molecule has 1 aromatic rings. The molecule has 6 heteroatoms. The van der Waals surface area contributed by atoms with E-state index < -0.39 is 6.04 Å². The summed E-state index contributed by atoms with van der Waals surface area (Å²) in [6, 6.07) is 7.02. The van der Waals surface area contributed by atoms with E-state index in [0.29, 0.717) is 12.2 Å². The molecule has 1 saturated heterocycles. The highest BCUT2D eigenvalue weighted by atomic mass is 16.5. The largest absolute Gasteiger partial charge is 0.379 e. The fourth-order valence-electron chi connectivity index (χ4n) is 3.01. The maximum absolute atomic E-state index is 12.9. The normalized spacial score (nSPS) is 16.3. The first-order chi connectivity index (χ1) is 14.2. The highest BCUT2D eigenvalue weighted by Crippen LogP contribution is 2.16. The van der Waals surface area contributed by atoms with E-state index in [9.17, 15) is 9.59 Å². The lowest BCUT2D eigenvalue weighted by Crippen LogP contribution is -2.43. The molecule has 0 spiro atoms. The zero-order valence-corrected chi connectivity index (χ0v) is 16.7. The minimum absolute atomic E-state index is 0.170. The van der Waals surface area contributed by atoms with Gasteiger partial charge in [-0.15, -0.1) is 0 Å². The molecule has 6 nitrogen and oxygen atoms in total. The van der Waals surface area contributed by atoms with Crippen LogP contribution in [0.2, 0.25) is 0 Å². The average Bonchev–Trinajstić information content (AvgIpc) is 2.76. The molecule has 1 aliphatic heterocycles. The number of aldehydes is 1. The summed E-state index contributed by atoms with van der Waals surface area (Å²) in [7, 11) is 0. The Labute approximate surface area is 172 Å². The number of amides is 1. The van der Waals surface area contributed by atoms with Gasteiger partial charge in [-0.3, -0.25) is 14.5 Å². The van der Waals surface area contributed by atoms with E-state index in [1.54, 1.807) is 24.3 Å². The third kappa shape index (κ3) is 7.62. The number of nitrogens with zero attached hydrogens (tertiary/aromatic N) is 1. The molecule has 154 valence electrons. The molecule has 0 radical (unpaired) electrons. The van der Waals surface area contributed by atoms with Gasteiger partial charge in [0.25, 0.3) is 0 Å². The van der Waals surface area contributed by atoms with Gasteiger partial charge in [0.1, 0.15) is 12.3 Å². The van der Waals surface area contributed by atoms with Gasteiger partial charge in [-0.05, 0) is 29.4 Å². The Morgan fingerprint density at radius 2 is 1.93 bits per heavy atom. The third-order valence-electron chi connectivity index (χ3n) is 4.56. The summed E-state index contributed by atoms with van der Waals surface area (Å²) < 4.78 is 5.38. The minimum atomic E-state index is -0.520. The van der Waals surface area contributed by atoms with Crippen LogP contribution in [0.3, 0.4) is 0 Å². The monoisotopic (exact) mass is 395 g/mol. The van der Waals surface area contributed by atoms with Crippen molar-refractivity contribution in [3.8, 4) is 0 Å². The lowest BCUT2D eigenvalue weighted by atomic mass is 10.0. The van der Waals surface area contributed by atoms with Gasteiger partial charge in [0.15, 0.2) is 0 Å². The summed E-state index contributed by atoms with van der Waals surface area (Å²) in [5.74, 6) is -0.170. The maximum Gasteiger partial charge on any atom is 0.246 e. The molecule has 2 N–H and O–H groups in total. The number of benzene rings is 1. The van der Waals surface area contributed by atoms with E-state index in [1.807, 2.05) is 24.3 Å². The van der Waals surface area contributed by atoms with Crippen LogP contribution in [0.25, 0.3) is 6.08 Å². The molecular weight excluding hydrogens is 366 g/mol. The number of morpholine rings is 1. The van der Waals surface area contributed by atoms with Crippen molar-refractivity contribution in [2.75, 3.05) is 39.4 Å². The van der Waals surface area contributed by atoms with Crippen LogP contribution in [0, 0.1) is 0 Å². The number of hydrogen-bond donors (Lipinski definition) is 2. The fourth-order valence-corrected chi connectivity index (χ4v) is 3.01. The summed E-state index contributed by atoms with van der Waals surface area (Å²) in [4.78, 5) is 25.7. The third-order valence-corrected chi connectivity index (χ3v) is 4.56. The van der Waals surface area contributed by atoms with Crippen molar-refractivity contribution in [1.82, 2.24) is 15.5 Å². The second kappa shape index (κ2) is 12.6. The standard InChI is InChI=1S/C23H29N3O3/c1-3-6-21(4-2)25-23(28)22(24-12-13-26-14-17-29-18-15-26)20-10-8-19(9-11-20)7-5-16-27/h3-11,16,22,24H,1-2,12-15,17-18H2,(H,25,28)/b7-5+,21-6+. The molecular formula is C23H29N3O3. The molecule has 0 saturated carbocycles. The molecule has 1 amide bonds. The molecule has 0 bridgehead atoms. The number of carbonyl (C=O) groups excluding carboxylic acids is 2. The Hall–Kier alpha value is -2.80. The van der Waals surface area contributed by atoms with Gasteiger partial charge in [-0.25, -0.2) is 0 Å². The van der Waals surface area contributed by atoms with E-state index in [0.717, 1.165) is 50.3 Å². The second-order valence-electron chi connectivity index (χ2n) is 6.55. The van der Waals surface area contributed by atoms with Gasteiger partial charge in [0.05, 0.1) is 13.2 Å². The van der Waals surface area contributed by atoms with E-state index >= 15 is 0 Å². The molecule has 1 aromatic carbocycles. The van der Waals surface area contributed by atoms with Crippen LogP contribution in [0.4, 0.5) is 0 Å². The van der Waals surface area contributed by atoms with Crippen LogP contribution in [0.5, 0.6) is 0 Å². The number of hydrogen-bond acceptors (Lipinski definition) is 5. The molecule has 1 atom stereocenters. The average molecular weight is 396 g/mol. The van der Waals surface area contributed by atoms with Gasteiger partial charge in [-0.2, -0.15) is 0 Å². The van der Waals surface area contributed by atoms with Crippen molar-refractivity contribution < 1.29 is 14.3 Å². The zero-order valence-electron chi connectivity index (χ0n) is 16.7. The van der Waals surface area contributed by atoms with Crippen LogP contribution in [-0.2, 0) is 14.3 Å². The Bertz CT molecular complexity index is 747. The Kier molecular flexibility index (Phi) is 9.78. The summed E-state index contributed by atoms with van der Waals surface area (Å²) >= 11 is 0. The van der Waals surface area contributed by atoms with Crippen molar-refractivity contribution in [3.05, 3.63) is 78.6 Å². The number of allylic oxidation sites excluding steroid dienone is 4. The van der Waals surface area contributed by atoms with Crippen molar-refractivity contribution in [2.45, 2.75) is 6.04 Å². The smallest absolute Gasteiger partial charge is 0.246 e. The van der Waals surface area contributed by atoms with Gasteiger partial charge in [-0.1, -0.05) is 49.6 Å². The SMILES string of the molecule is C=C/C=C(\C=C)NC(=O)C(NCCN1CCOCC1)c1ccc(/C=C/C=O)cc1. The molecule has 0 aliphatic carbocycles. The Morgan fingerprint density at radius 3 is 2.55 bits per heavy atom. The lowest BCUT2D eigenvalue weighted by Gasteiger charge is -2.27. The number of rotatable bonds is 11. The van der Waals surface area contributed by atoms with Crippen LogP contribution in [0.1, 0.15) is 17.2 Å². The predicted molar refractivity (Wildman–Crippen MR) is 116 cm³/mol. The number of carbonyl (C=O) groups is 2. The van der Waals surface area contributed by atoms with Crippen LogP contribution in [0.15, 0.2) is 67.4 Å². The van der Waals surface area contributed by atoms with Crippen LogP contribution in [-0.4, -0.2) is 56.5 Å². The quantitative estimate of drug-likeness (QED) is 0.342. The first kappa shape index (κ1) is 22.5. The molecule has 2 rings (SSSR count). The zero-order chi connectivity index (χ0) is 20.9. The highest BCUT2D eigenvalue weighted by Gasteiger charge is 2.21. The van der Waals surface area contributed by atoms with E-state index in [1.165, 1.54) is 6.08 Å². The van der Waals surface area contributed by atoms with Gasteiger partial charge >= 0.3 is 0 Å². The van der Waals surface area contributed by atoms with Gasteiger partial charge < -0.3 is 15.4 Å². The van der Waals surface area contributed by atoms with Crippen molar-refractivity contribution >= 4 is 18.3 Å². The first-order valence-electron chi connectivity index (χ1n) is 9.69. The van der Waals surface area contributed by atoms with E-state index in [-0.39, 0.29) is 5.91 Å². The molecule has 1 unspecified atom stereocenters. The minimum Gasteiger partial charge on any atom is -0.379 e. The van der Waals surface area contributed by atoms with E-state index in [4.69, 9.17) is 4.74 Å². The van der Waals surface area contributed by atoms with Crippen LogP contribution >= 0.6 is 0 Å². The van der Waals surface area contributed by atoms with Crippen molar-refractivity contribution in [2.24, 2.45) is 0 Å². The fraction of sp³-hybridized carbons (Fsp3) is 0.304. The first-order valence-corrected chi connectivity index (χ1v) is 9.69. The number of ether oxygens (including phenoxy) is 1. The van der Waals surface area contributed by atoms with Crippen molar-refractivity contribution in [3.63, 3.8) is 0 Å². The molecule has 0 aromatic heterocycles. The summed E-state index contributed by atoms with van der Waals surface area (Å²) in [5.41, 5.74) is 2.33. The topological polar surface area (TPSA) is 70.7 Å². The summed E-state index contributed by atoms with van der Waals surface area (Å²) in [5, 5.41) is 6.24. The van der Waals surface area contributed by atoms with Crippen LogP contribution < -0.4 is 10.6 Å². The molecule has 1 aliphatic rings. The van der Waals surface area contributed by atoms with Crippen molar-refractivity contribution in [1.29, 1.82) is 0 Å². The Morgan fingerprint density at radius 1 is 1.21 bits per heavy atom. The van der Waals surface area contributed by atoms with Gasteiger partial charge in [0.2, 0.25) is 5.91 Å². The Balaban J connectivity index is 2.10. The molecule has 29 heavy (non-hydrogen) atoms. The van der Waals surface area contributed by atoms with Gasteiger partial charge in [0, 0.05) is 31.9 Å².